The third-order valence-corrected chi connectivity index (χ3v) is 3.75. The molecule has 1 N–H and O–H groups in total. The maximum absolute atomic E-state index is 12.4. The van der Waals surface area contributed by atoms with E-state index in [0.29, 0.717) is 16.9 Å². The fraction of sp³-hybridized carbons (Fsp3) is 0.222. The average Bonchev–Trinajstić information content (AvgIpc) is 2.59. The number of rotatable bonds is 5. The monoisotopic (exact) mass is 347 g/mol. The van der Waals surface area contributed by atoms with Crippen molar-refractivity contribution >= 4 is 11.7 Å². The normalized spacial score (nSPS) is 16.1. The Labute approximate surface area is 142 Å². The van der Waals surface area contributed by atoms with Crippen LogP contribution in [0.25, 0.3) is 0 Å². The summed E-state index contributed by atoms with van der Waals surface area (Å²) in [6, 6.07) is 12.0. The van der Waals surface area contributed by atoms with Gasteiger partial charge in [-0.05, 0) is 18.2 Å². The van der Waals surface area contributed by atoms with Crippen LogP contribution in [0.1, 0.15) is 15.9 Å². The van der Waals surface area contributed by atoms with Crippen molar-refractivity contribution in [2.45, 2.75) is 19.1 Å². The number of Topliss-reactive ketones (excluding diaryl/α,β-unsaturated/α-hetero) is 1. The summed E-state index contributed by atoms with van der Waals surface area (Å²) in [7, 11) is 0. The fourth-order valence-corrected chi connectivity index (χ4v) is 2.62. The first-order valence-electron chi connectivity index (χ1n) is 7.62. The Morgan fingerprint density at radius 1 is 1.20 bits per heavy atom. The molecule has 0 radical (unpaired) electrons. The summed E-state index contributed by atoms with van der Waals surface area (Å²) in [6.45, 7) is -2.95. The van der Waals surface area contributed by atoms with Crippen LogP contribution < -0.4 is 14.8 Å². The van der Waals surface area contributed by atoms with Crippen molar-refractivity contribution in [3.63, 3.8) is 0 Å². The van der Waals surface area contributed by atoms with Gasteiger partial charge in [-0.15, -0.1) is 0 Å². The van der Waals surface area contributed by atoms with Gasteiger partial charge in [0.05, 0.1) is 12.0 Å². The van der Waals surface area contributed by atoms with Crippen LogP contribution in [0.15, 0.2) is 48.5 Å². The highest BCUT2D eigenvalue weighted by molar-refractivity contribution is 6.05. The van der Waals surface area contributed by atoms with Crippen molar-refractivity contribution in [3.05, 3.63) is 59.7 Å². The second-order valence-electron chi connectivity index (χ2n) is 5.45. The Balaban J connectivity index is 1.67. The van der Waals surface area contributed by atoms with Crippen molar-refractivity contribution in [1.82, 2.24) is 5.32 Å². The van der Waals surface area contributed by atoms with Gasteiger partial charge in [-0.1, -0.05) is 30.3 Å². The van der Waals surface area contributed by atoms with Crippen LogP contribution in [-0.4, -0.2) is 31.0 Å². The molecule has 1 amide bonds. The van der Waals surface area contributed by atoms with Crippen LogP contribution in [0.3, 0.4) is 0 Å². The maximum Gasteiger partial charge on any atom is 0.387 e. The number of hydrogen-bond acceptors (Lipinski definition) is 4. The molecule has 1 heterocycles. The van der Waals surface area contributed by atoms with Crippen molar-refractivity contribution in [2.24, 2.45) is 0 Å². The molecule has 2 aromatic rings. The first kappa shape index (κ1) is 16.9. The minimum atomic E-state index is -2.98. The molecule has 1 atom stereocenters. The molecule has 1 unspecified atom stereocenters. The highest BCUT2D eigenvalue weighted by Gasteiger charge is 2.29. The maximum atomic E-state index is 12.4. The van der Waals surface area contributed by atoms with E-state index in [1.54, 1.807) is 30.3 Å². The van der Waals surface area contributed by atoms with E-state index < -0.39 is 18.6 Å². The molecule has 0 aliphatic carbocycles. The van der Waals surface area contributed by atoms with Crippen molar-refractivity contribution in [2.75, 3.05) is 6.61 Å². The summed E-state index contributed by atoms with van der Waals surface area (Å²) in [5.74, 6) is -0.308. The molecule has 2 aromatic carbocycles. The zero-order chi connectivity index (χ0) is 17.8. The van der Waals surface area contributed by atoms with Gasteiger partial charge in [-0.3, -0.25) is 9.59 Å². The van der Waals surface area contributed by atoms with Gasteiger partial charge < -0.3 is 14.8 Å². The third kappa shape index (κ3) is 3.93. The Kier molecular flexibility index (Phi) is 4.92. The van der Waals surface area contributed by atoms with Crippen molar-refractivity contribution in [3.8, 4) is 11.5 Å². The predicted octanol–water partition coefficient (Wildman–Crippen LogP) is 2.59. The lowest BCUT2D eigenvalue weighted by atomic mass is 10.0. The number of amides is 1. The number of carbonyl (C=O) groups excluding carboxylic acids is 2. The molecule has 0 aromatic heterocycles. The molecule has 7 heteroatoms. The van der Waals surface area contributed by atoms with E-state index >= 15 is 0 Å². The first-order valence-corrected chi connectivity index (χ1v) is 7.62. The number of benzene rings is 2. The van der Waals surface area contributed by atoms with E-state index in [2.05, 4.69) is 10.1 Å². The summed E-state index contributed by atoms with van der Waals surface area (Å²) in [4.78, 5) is 24.6. The lowest BCUT2D eigenvalue weighted by molar-refractivity contribution is -0.121. The van der Waals surface area contributed by atoms with Gasteiger partial charge in [0.15, 0.2) is 5.78 Å². The molecule has 25 heavy (non-hydrogen) atoms. The zero-order valence-corrected chi connectivity index (χ0v) is 13.1. The molecular weight excluding hydrogens is 332 g/mol. The number of halogens is 2. The Hall–Kier alpha value is -2.96. The molecule has 1 aliphatic heterocycles. The van der Waals surface area contributed by atoms with Gasteiger partial charge >= 0.3 is 6.61 Å². The number of nitrogens with one attached hydrogen (secondary N) is 1. The first-order chi connectivity index (χ1) is 12.0. The molecule has 130 valence electrons. The fourth-order valence-electron chi connectivity index (χ4n) is 2.62. The molecule has 5 nitrogen and oxygen atoms in total. The quantitative estimate of drug-likeness (QED) is 0.903. The van der Waals surface area contributed by atoms with Crippen LogP contribution >= 0.6 is 0 Å². The number of ether oxygens (including phenoxy) is 2. The number of alkyl halides is 2. The van der Waals surface area contributed by atoms with Gasteiger partial charge in [0.1, 0.15) is 24.1 Å². The minimum Gasteiger partial charge on any atom is -0.490 e. The van der Waals surface area contributed by atoms with Crippen LogP contribution in [0.5, 0.6) is 11.5 Å². The lowest BCUT2D eigenvalue weighted by Gasteiger charge is -2.24. The van der Waals surface area contributed by atoms with Crippen molar-refractivity contribution < 1.29 is 27.8 Å². The van der Waals surface area contributed by atoms with E-state index in [1.807, 2.05) is 0 Å². The molecular formula is C18H15F2NO4. The molecule has 0 fully saturated rings. The van der Waals surface area contributed by atoms with E-state index in [4.69, 9.17) is 4.74 Å². The SMILES string of the molecule is O=C(Cc1ccccc1OC(F)F)NC1COc2ccccc2C1=O. The smallest absolute Gasteiger partial charge is 0.387 e. The zero-order valence-electron chi connectivity index (χ0n) is 13.1. The van der Waals surface area contributed by atoms with Crippen molar-refractivity contribution in [1.29, 1.82) is 0 Å². The lowest BCUT2D eigenvalue weighted by Crippen LogP contribution is -2.47. The highest BCUT2D eigenvalue weighted by Crippen LogP contribution is 2.24. The van der Waals surface area contributed by atoms with Gasteiger partial charge in [0.25, 0.3) is 0 Å². The summed E-state index contributed by atoms with van der Waals surface area (Å²) < 4.78 is 34.7. The summed E-state index contributed by atoms with van der Waals surface area (Å²) in [5, 5.41) is 2.58. The second kappa shape index (κ2) is 7.29. The molecule has 1 aliphatic rings. The van der Waals surface area contributed by atoms with Gasteiger partial charge in [-0.25, -0.2) is 0 Å². The summed E-state index contributed by atoms with van der Waals surface area (Å²) in [5.41, 5.74) is 0.713. The van der Waals surface area contributed by atoms with E-state index in [9.17, 15) is 18.4 Å². The topological polar surface area (TPSA) is 64.6 Å². The standard InChI is InChI=1S/C18H15F2NO4/c19-18(20)25-14-7-3-1-5-11(14)9-16(22)21-13-10-24-15-8-4-2-6-12(15)17(13)23/h1-8,13,18H,9-10H2,(H,21,22). The predicted molar refractivity (Wildman–Crippen MR) is 85.0 cm³/mol. The third-order valence-electron chi connectivity index (χ3n) is 3.75. The highest BCUT2D eigenvalue weighted by atomic mass is 19.3. The van der Waals surface area contributed by atoms with E-state index in [-0.39, 0.29) is 24.6 Å². The molecule has 0 saturated heterocycles. The number of carbonyl (C=O) groups is 2. The number of hydrogen-bond donors (Lipinski definition) is 1. The molecule has 3 rings (SSSR count). The van der Waals surface area contributed by atoms with Crippen LogP contribution in [0.4, 0.5) is 8.78 Å². The Bertz CT molecular complexity index is 794. The molecule has 0 saturated carbocycles. The van der Waals surface area contributed by atoms with Gasteiger partial charge in [0.2, 0.25) is 5.91 Å². The average molecular weight is 347 g/mol. The van der Waals surface area contributed by atoms with Crippen LogP contribution in [0, 0.1) is 0 Å². The Morgan fingerprint density at radius 3 is 2.72 bits per heavy atom. The largest absolute Gasteiger partial charge is 0.490 e. The van der Waals surface area contributed by atoms with Gasteiger partial charge in [-0.2, -0.15) is 8.78 Å². The summed E-state index contributed by atoms with van der Waals surface area (Å²) in [6.07, 6.45) is -0.186. The minimum absolute atomic E-state index is 0.0246. The van der Waals surface area contributed by atoms with Gasteiger partial charge in [0, 0.05) is 5.56 Å². The van der Waals surface area contributed by atoms with E-state index in [0.717, 1.165) is 0 Å². The van der Waals surface area contributed by atoms with Crippen LogP contribution in [0.2, 0.25) is 0 Å². The number of ketones is 1. The Morgan fingerprint density at radius 2 is 1.92 bits per heavy atom. The molecule has 0 bridgehead atoms. The number of para-hydroxylation sites is 2. The second-order valence-corrected chi connectivity index (χ2v) is 5.45. The molecule has 0 spiro atoms. The van der Waals surface area contributed by atoms with E-state index in [1.165, 1.54) is 18.2 Å². The summed E-state index contributed by atoms with van der Waals surface area (Å²) >= 11 is 0. The number of fused-ring (bicyclic) bond motifs is 1. The van der Waals surface area contributed by atoms with Crippen LogP contribution in [-0.2, 0) is 11.2 Å².